The van der Waals surface area contributed by atoms with Crippen molar-refractivity contribution >= 4 is 5.69 Å². The molecule has 0 saturated heterocycles. The van der Waals surface area contributed by atoms with Crippen LogP contribution in [0.2, 0.25) is 0 Å². The zero-order valence-corrected chi connectivity index (χ0v) is 9.82. The molecule has 0 aliphatic heterocycles. The van der Waals surface area contributed by atoms with Crippen LogP contribution in [0.25, 0.3) is 11.4 Å². The Bertz CT molecular complexity index is 592. The summed E-state index contributed by atoms with van der Waals surface area (Å²) in [6, 6.07) is 4.41. The van der Waals surface area contributed by atoms with E-state index in [0.29, 0.717) is 5.56 Å². The van der Waals surface area contributed by atoms with Crippen molar-refractivity contribution in [1.29, 1.82) is 0 Å². The molecule has 0 fully saturated rings. The smallest absolute Gasteiger partial charge is 0.270 e. The number of aromatic nitrogens is 2. The maximum absolute atomic E-state index is 10.7. The molecule has 1 heterocycles. The van der Waals surface area contributed by atoms with E-state index in [2.05, 4.69) is 10.1 Å². The molecule has 94 valence electrons. The molecule has 1 atom stereocenters. The molecule has 0 bridgehead atoms. The van der Waals surface area contributed by atoms with Gasteiger partial charge in [0.15, 0.2) is 0 Å². The Morgan fingerprint density at radius 1 is 1.50 bits per heavy atom. The predicted octanol–water partition coefficient (Wildman–Crippen LogP) is 2.01. The SMILES string of the molecule is Cc1ccc([N+](=O)[O-])cc1-c1noc([C@H](C)O)n1. The standard InChI is InChI=1S/C11H11N3O4/c1-6-3-4-8(14(16)17)5-9(6)10-12-11(7(2)15)18-13-10/h3-5,7,15H,1-2H3/t7-/m0/s1. The molecule has 2 rings (SSSR count). The lowest BCUT2D eigenvalue weighted by molar-refractivity contribution is -0.384. The number of aliphatic hydroxyl groups excluding tert-OH is 1. The molecule has 1 aromatic carbocycles. The maximum Gasteiger partial charge on any atom is 0.270 e. The van der Waals surface area contributed by atoms with Crippen molar-refractivity contribution in [3.63, 3.8) is 0 Å². The average Bonchev–Trinajstić information content (AvgIpc) is 2.78. The van der Waals surface area contributed by atoms with Crippen LogP contribution in [-0.2, 0) is 0 Å². The Morgan fingerprint density at radius 3 is 2.78 bits per heavy atom. The molecule has 0 saturated carbocycles. The summed E-state index contributed by atoms with van der Waals surface area (Å²) in [5, 5.41) is 23.7. The molecule has 0 aliphatic rings. The zero-order chi connectivity index (χ0) is 13.3. The van der Waals surface area contributed by atoms with Crippen LogP contribution in [0.4, 0.5) is 5.69 Å². The van der Waals surface area contributed by atoms with Gasteiger partial charge in [-0.2, -0.15) is 4.98 Å². The molecule has 1 aromatic heterocycles. The van der Waals surface area contributed by atoms with Crippen molar-refractivity contribution in [2.45, 2.75) is 20.0 Å². The van der Waals surface area contributed by atoms with Gasteiger partial charge in [-0.25, -0.2) is 0 Å². The van der Waals surface area contributed by atoms with E-state index in [1.165, 1.54) is 19.1 Å². The van der Waals surface area contributed by atoms with Crippen molar-refractivity contribution in [3.8, 4) is 11.4 Å². The first kappa shape index (κ1) is 12.2. The molecule has 18 heavy (non-hydrogen) atoms. The first-order chi connectivity index (χ1) is 8.49. The van der Waals surface area contributed by atoms with E-state index in [1.54, 1.807) is 13.0 Å². The lowest BCUT2D eigenvalue weighted by atomic mass is 10.1. The minimum atomic E-state index is -0.870. The second-order valence-corrected chi connectivity index (χ2v) is 3.89. The summed E-state index contributed by atoms with van der Waals surface area (Å²) in [4.78, 5) is 14.2. The van der Waals surface area contributed by atoms with Gasteiger partial charge in [0.2, 0.25) is 5.82 Å². The van der Waals surface area contributed by atoms with Crippen LogP contribution in [0.15, 0.2) is 22.7 Å². The van der Waals surface area contributed by atoms with Crippen molar-refractivity contribution in [1.82, 2.24) is 10.1 Å². The van der Waals surface area contributed by atoms with E-state index in [9.17, 15) is 15.2 Å². The topological polar surface area (TPSA) is 102 Å². The fraction of sp³-hybridized carbons (Fsp3) is 0.273. The number of nitro benzene ring substituents is 1. The second-order valence-electron chi connectivity index (χ2n) is 3.89. The van der Waals surface area contributed by atoms with Gasteiger partial charge in [0.25, 0.3) is 11.6 Å². The summed E-state index contributed by atoms with van der Waals surface area (Å²) in [5.41, 5.74) is 1.26. The van der Waals surface area contributed by atoms with E-state index in [4.69, 9.17) is 4.52 Å². The molecule has 0 unspecified atom stereocenters. The van der Waals surface area contributed by atoms with Gasteiger partial charge in [-0.15, -0.1) is 0 Å². The number of aliphatic hydroxyl groups is 1. The number of non-ortho nitro benzene ring substituents is 1. The van der Waals surface area contributed by atoms with E-state index in [0.717, 1.165) is 5.56 Å². The maximum atomic E-state index is 10.7. The molecule has 0 radical (unpaired) electrons. The van der Waals surface area contributed by atoms with Gasteiger partial charge in [-0.05, 0) is 19.4 Å². The Balaban J connectivity index is 2.48. The van der Waals surface area contributed by atoms with Crippen LogP contribution in [0.5, 0.6) is 0 Å². The first-order valence-electron chi connectivity index (χ1n) is 5.26. The van der Waals surface area contributed by atoms with Crippen molar-refractivity contribution in [2.24, 2.45) is 0 Å². The number of hydrogen-bond donors (Lipinski definition) is 1. The van der Waals surface area contributed by atoms with Crippen LogP contribution in [-0.4, -0.2) is 20.2 Å². The zero-order valence-electron chi connectivity index (χ0n) is 9.82. The van der Waals surface area contributed by atoms with Crippen LogP contribution < -0.4 is 0 Å². The summed E-state index contributed by atoms with van der Waals surface area (Å²) in [7, 11) is 0. The van der Waals surface area contributed by atoms with Gasteiger partial charge in [0, 0.05) is 17.7 Å². The van der Waals surface area contributed by atoms with E-state index >= 15 is 0 Å². The normalized spacial score (nSPS) is 12.4. The molecule has 0 aliphatic carbocycles. The minimum Gasteiger partial charge on any atom is -0.384 e. The number of hydrogen-bond acceptors (Lipinski definition) is 6. The highest BCUT2D eigenvalue weighted by Crippen LogP contribution is 2.26. The number of rotatable bonds is 3. The van der Waals surface area contributed by atoms with Gasteiger partial charge in [-0.1, -0.05) is 11.2 Å². The van der Waals surface area contributed by atoms with Crippen molar-refractivity contribution in [2.75, 3.05) is 0 Å². The molecule has 1 N–H and O–H groups in total. The Kier molecular flexibility index (Phi) is 3.07. The summed E-state index contributed by atoms with van der Waals surface area (Å²) in [6.07, 6.45) is -0.870. The largest absolute Gasteiger partial charge is 0.384 e. The number of benzene rings is 1. The van der Waals surface area contributed by atoms with E-state index in [1.807, 2.05) is 0 Å². The summed E-state index contributed by atoms with van der Waals surface area (Å²) in [6.45, 7) is 3.29. The third-order valence-corrected chi connectivity index (χ3v) is 2.47. The van der Waals surface area contributed by atoms with E-state index in [-0.39, 0.29) is 17.4 Å². The highest BCUT2D eigenvalue weighted by Gasteiger charge is 2.16. The molecule has 7 heteroatoms. The molecular formula is C11H11N3O4. The van der Waals surface area contributed by atoms with Crippen molar-refractivity contribution in [3.05, 3.63) is 39.8 Å². The second kappa shape index (κ2) is 4.53. The lowest BCUT2D eigenvalue weighted by Gasteiger charge is -2.00. The van der Waals surface area contributed by atoms with Gasteiger partial charge in [0.1, 0.15) is 6.10 Å². The predicted molar refractivity (Wildman–Crippen MR) is 61.8 cm³/mol. The van der Waals surface area contributed by atoms with Crippen LogP contribution in [0.3, 0.4) is 0 Å². The number of nitrogens with zero attached hydrogens (tertiary/aromatic N) is 3. The first-order valence-corrected chi connectivity index (χ1v) is 5.26. The van der Waals surface area contributed by atoms with Gasteiger partial charge >= 0.3 is 0 Å². The van der Waals surface area contributed by atoms with Crippen LogP contribution >= 0.6 is 0 Å². The molecular weight excluding hydrogens is 238 g/mol. The molecule has 2 aromatic rings. The van der Waals surface area contributed by atoms with Gasteiger partial charge in [0.05, 0.1) is 4.92 Å². The van der Waals surface area contributed by atoms with Crippen molar-refractivity contribution < 1.29 is 14.6 Å². The van der Waals surface area contributed by atoms with E-state index < -0.39 is 11.0 Å². The highest BCUT2D eigenvalue weighted by molar-refractivity contribution is 5.63. The van der Waals surface area contributed by atoms with Crippen LogP contribution in [0, 0.1) is 17.0 Å². The number of nitro groups is 1. The minimum absolute atomic E-state index is 0.0426. The van der Waals surface area contributed by atoms with Gasteiger partial charge in [-0.3, -0.25) is 10.1 Å². The number of aryl methyl sites for hydroxylation is 1. The summed E-state index contributed by atoms with van der Waals surface area (Å²) < 4.78 is 4.85. The Morgan fingerprint density at radius 2 is 2.22 bits per heavy atom. The molecule has 0 spiro atoms. The Hall–Kier alpha value is -2.28. The monoisotopic (exact) mass is 249 g/mol. The molecule has 7 nitrogen and oxygen atoms in total. The average molecular weight is 249 g/mol. The third-order valence-electron chi connectivity index (χ3n) is 2.47. The van der Waals surface area contributed by atoms with Crippen LogP contribution in [0.1, 0.15) is 24.5 Å². The van der Waals surface area contributed by atoms with Gasteiger partial charge < -0.3 is 9.63 Å². The lowest BCUT2D eigenvalue weighted by Crippen LogP contribution is -1.93. The third kappa shape index (κ3) is 2.21. The fourth-order valence-electron chi connectivity index (χ4n) is 1.48. The fourth-order valence-corrected chi connectivity index (χ4v) is 1.48. The highest BCUT2D eigenvalue weighted by atomic mass is 16.6. The summed E-state index contributed by atoms with van der Waals surface area (Å²) >= 11 is 0. The Labute approximate surface area is 102 Å². The summed E-state index contributed by atoms with van der Waals surface area (Å²) in [5.74, 6) is 0.308. The molecule has 0 amide bonds. The quantitative estimate of drug-likeness (QED) is 0.659.